The van der Waals surface area contributed by atoms with Crippen molar-refractivity contribution < 1.29 is 0 Å². The van der Waals surface area contributed by atoms with E-state index in [0.29, 0.717) is 12.0 Å². The molecule has 0 radical (unpaired) electrons. The first-order chi connectivity index (χ1) is 9.31. The topological polar surface area (TPSA) is 41.1 Å². The molecule has 0 fully saturated rings. The third kappa shape index (κ3) is 5.17. The molecule has 1 atom stereocenters. The highest BCUT2D eigenvalue weighted by Crippen LogP contribution is 2.21. The predicted molar refractivity (Wildman–Crippen MR) is 85.3 cm³/mol. The smallest absolute Gasteiger partial charge is 0.130 e. The lowest BCUT2D eigenvalue weighted by Gasteiger charge is -2.19. The maximum Gasteiger partial charge on any atom is 0.130 e. The van der Waals surface area contributed by atoms with Crippen LogP contribution in [0.2, 0.25) is 0 Å². The minimum atomic E-state index is 0.445. The number of hydrogen-bond donors (Lipinski definition) is 1. The van der Waals surface area contributed by atoms with E-state index < -0.39 is 0 Å². The van der Waals surface area contributed by atoms with E-state index in [9.17, 15) is 0 Å². The summed E-state index contributed by atoms with van der Waals surface area (Å²) in [5, 5.41) is 3.49. The standard InChI is InChI=1S/C16H30N4/c1-11(2)17-10-12(3)16-13(4)18-15(19-14(16)5)8-9-20(6)7/h11-12,17H,8-10H2,1-7H3. The van der Waals surface area contributed by atoms with E-state index in [2.05, 4.69) is 68.9 Å². The van der Waals surface area contributed by atoms with Crippen molar-refractivity contribution in [3.05, 3.63) is 22.8 Å². The van der Waals surface area contributed by atoms with E-state index in [4.69, 9.17) is 0 Å². The summed E-state index contributed by atoms with van der Waals surface area (Å²) < 4.78 is 0. The SMILES string of the molecule is Cc1nc(CCN(C)C)nc(C)c1C(C)CNC(C)C. The lowest BCUT2D eigenvalue weighted by atomic mass is 9.97. The summed E-state index contributed by atoms with van der Waals surface area (Å²) in [5.74, 6) is 1.40. The normalized spacial score (nSPS) is 13.2. The molecule has 1 aromatic heterocycles. The number of nitrogens with one attached hydrogen (secondary N) is 1. The summed E-state index contributed by atoms with van der Waals surface area (Å²) in [7, 11) is 4.15. The second-order valence-corrected chi connectivity index (χ2v) is 6.24. The van der Waals surface area contributed by atoms with Crippen molar-refractivity contribution in [3.63, 3.8) is 0 Å². The van der Waals surface area contributed by atoms with E-state index in [1.54, 1.807) is 0 Å². The Kier molecular flexibility index (Phi) is 6.56. The van der Waals surface area contributed by atoms with Gasteiger partial charge in [-0.2, -0.15) is 0 Å². The van der Waals surface area contributed by atoms with Gasteiger partial charge in [0.05, 0.1) is 0 Å². The van der Waals surface area contributed by atoms with Crippen LogP contribution in [0.3, 0.4) is 0 Å². The quantitative estimate of drug-likeness (QED) is 0.831. The van der Waals surface area contributed by atoms with Crippen molar-refractivity contribution in [2.45, 2.75) is 53.0 Å². The molecule has 1 rings (SSSR count). The van der Waals surface area contributed by atoms with Crippen LogP contribution in [0.25, 0.3) is 0 Å². The summed E-state index contributed by atoms with van der Waals surface area (Å²) in [6, 6.07) is 0.512. The van der Waals surface area contributed by atoms with Gasteiger partial charge in [0.15, 0.2) is 0 Å². The van der Waals surface area contributed by atoms with Crippen LogP contribution in [0.15, 0.2) is 0 Å². The van der Waals surface area contributed by atoms with E-state index in [1.807, 2.05) is 0 Å². The molecule has 0 amide bonds. The average Bonchev–Trinajstić information content (AvgIpc) is 2.33. The van der Waals surface area contributed by atoms with Gasteiger partial charge in [0.1, 0.15) is 5.82 Å². The van der Waals surface area contributed by atoms with Gasteiger partial charge in [0.2, 0.25) is 0 Å². The van der Waals surface area contributed by atoms with E-state index in [1.165, 1.54) is 5.56 Å². The Morgan fingerprint density at radius 2 is 1.60 bits per heavy atom. The van der Waals surface area contributed by atoms with Crippen molar-refractivity contribution in [2.24, 2.45) is 0 Å². The summed E-state index contributed by atoms with van der Waals surface area (Å²) in [6.07, 6.45) is 0.910. The zero-order valence-corrected chi connectivity index (χ0v) is 14.1. The van der Waals surface area contributed by atoms with Crippen molar-refractivity contribution >= 4 is 0 Å². The number of rotatable bonds is 7. The monoisotopic (exact) mass is 278 g/mol. The lowest BCUT2D eigenvalue weighted by Crippen LogP contribution is -2.28. The van der Waals surface area contributed by atoms with Gasteiger partial charge >= 0.3 is 0 Å². The minimum Gasteiger partial charge on any atom is -0.314 e. The van der Waals surface area contributed by atoms with Crippen LogP contribution in [0.4, 0.5) is 0 Å². The second-order valence-electron chi connectivity index (χ2n) is 6.24. The molecule has 0 spiro atoms. The number of nitrogens with zero attached hydrogens (tertiary/aromatic N) is 3. The summed E-state index contributed by atoms with van der Waals surface area (Å²) in [4.78, 5) is 11.5. The highest BCUT2D eigenvalue weighted by atomic mass is 15.1. The molecule has 1 unspecified atom stereocenters. The number of hydrogen-bond acceptors (Lipinski definition) is 4. The van der Waals surface area contributed by atoms with Gasteiger partial charge < -0.3 is 10.2 Å². The average molecular weight is 278 g/mol. The summed E-state index contributed by atoms with van der Waals surface area (Å²) in [6.45, 7) is 12.8. The molecule has 4 heteroatoms. The minimum absolute atomic E-state index is 0.445. The number of likely N-dealkylation sites (N-methyl/N-ethyl adjacent to an activating group) is 1. The first kappa shape index (κ1) is 17.1. The fraction of sp³-hybridized carbons (Fsp3) is 0.750. The number of aryl methyl sites for hydroxylation is 2. The number of aromatic nitrogens is 2. The zero-order chi connectivity index (χ0) is 15.3. The molecular weight excluding hydrogens is 248 g/mol. The van der Waals surface area contributed by atoms with Crippen molar-refractivity contribution in [3.8, 4) is 0 Å². The Bertz CT molecular complexity index is 403. The molecule has 0 aromatic carbocycles. The molecule has 0 saturated carbocycles. The predicted octanol–water partition coefficient (Wildman–Crippen LogP) is 2.30. The Morgan fingerprint density at radius 1 is 1.05 bits per heavy atom. The first-order valence-electron chi connectivity index (χ1n) is 7.53. The molecule has 20 heavy (non-hydrogen) atoms. The fourth-order valence-electron chi connectivity index (χ4n) is 2.46. The van der Waals surface area contributed by atoms with E-state index >= 15 is 0 Å². The van der Waals surface area contributed by atoms with E-state index in [0.717, 1.165) is 36.7 Å². The van der Waals surface area contributed by atoms with Gasteiger partial charge in [-0.3, -0.25) is 0 Å². The second kappa shape index (κ2) is 7.70. The molecular formula is C16H30N4. The van der Waals surface area contributed by atoms with Gasteiger partial charge in [0, 0.05) is 36.9 Å². The van der Waals surface area contributed by atoms with Crippen molar-refractivity contribution in [1.82, 2.24) is 20.2 Å². The Morgan fingerprint density at radius 3 is 2.05 bits per heavy atom. The highest BCUT2D eigenvalue weighted by Gasteiger charge is 2.15. The fourth-order valence-corrected chi connectivity index (χ4v) is 2.46. The maximum atomic E-state index is 4.69. The third-order valence-corrected chi connectivity index (χ3v) is 3.48. The molecule has 0 aliphatic carbocycles. The van der Waals surface area contributed by atoms with Crippen molar-refractivity contribution in [1.29, 1.82) is 0 Å². The van der Waals surface area contributed by atoms with Crippen LogP contribution in [-0.4, -0.2) is 48.1 Å². The van der Waals surface area contributed by atoms with Gasteiger partial charge in [-0.1, -0.05) is 20.8 Å². The van der Waals surface area contributed by atoms with E-state index in [-0.39, 0.29) is 0 Å². The van der Waals surface area contributed by atoms with Crippen LogP contribution < -0.4 is 5.32 Å². The van der Waals surface area contributed by atoms with Crippen LogP contribution >= 0.6 is 0 Å². The molecule has 1 N–H and O–H groups in total. The van der Waals surface area contributed by atoms with Crippen LogP contribution in [-0.2, 0) is 6.42 Å². The van der Waals surface area contributed by atoms with Crippen LogP contribution in [0.5, 0.6) is 0 Å². The van der Waals surface area contributed by atoms with Gasteiger partial charge in [-0.15, -0.1) is 0 Å². The molecule has 1 heterocycles. The van der Waals surface area contributed by atoms with Crippen LogP contribution in [0, 0.1) is 13.8 Å². The Balaban J connectivity index is 2.82. The van der Waals surface area contributed by atoms with Gasteiger partial charge in [-0.25, -0.2) is 9.97 Å². The summed E-state index contributed by atoms with van der Waals surface area (Å²) in [5.41, 5.74) is 3.56. The molecule has 4 nitrogen and oxygen atoms in total. The lowest BCUT2D eigenvalue weighted by molar-refractivity contribution is 0.409. The zero-order valence-electron chi connectivity index (χ0n) is 14.1. The van der Waals surface area contributed by atoms with Gasteiger partial charge in [0.25, 0.3) is 0 Å². The van der Waals surface area contributed by atoms with Crippen LogP contribution in [0.1, 0.15) is 49.5 Å². The molecule has 0 saturated heterocycles. The largest absolute Gasteiger partial charge is 0.314 e. The third-order valence-electron chi connectivity index (χ3n) is 3.48. The highest BCUT2D eigenvalue weighted by molar-refractivity contribution is 5.28. The molecule has 114 valence electrons. The molecule has 1 aromatic rings. The maximum absolute atomic E-state index is 4.69. The summed E-state index contributed by atoms with van der Waals surface area (Å²) >= 11 is 0. The van der Waals surface area contributed by atoms with Crippen molar-refractivity contribution in [2.75, 3.05) is 27.2 Å². The first-order valence-corrected chi connectivity index (χ1v) is 7.53. The van der Waals surface area contributed by atoms with Gasteiger partial charge in [-0.05, 0) is 39.4 Å². The Labute approximate surface area is 124 Å². The molecule has 0 aliphatic heterocycles. The molecule has 0 bridgehead atoms. The molecule has 0 aliphatic rings. The Hall–Kier alpha value is -1.00.